The van der Waals surface area contributed by atoms with E-state index in [9.17, 15) is 26.7 Å². The second-order valence-electron chi connectivity index (χ2n) is 6.26. The number of halogens is 7. The zero-order chi connectivity index (χ0) is 22.2. The van der Waals surface area contributed by atoms with Crippen LogP contribution < -0.4 is 10.7 Å². The molecule has 0 fully saturated rings. The van der Waals surface area contributed by atoms with Gasteiger partial charge < -0.3 is 5.32 Å². The van der Waals surface area contributed by atoms with Crippen LogP contribution in [-0.2, 0) is 19.8 Å². The molecule has 0 aliphatic heterocycles. The van der Waals surface area contributed by atoms with Crippen molar-refractivity contribution in [2.45, 2.75) is 12.7 Å². The van der Waals surface area contributed by atoms with Gasteiger partial charge in [0.1, 0.15) is 23.0 Å². The molecule has 0 unspecified atom stereocenters. The Hall–Kier alpha value is -2.65. The van der Waals surface area contributed by atoms with E-state index in [1.807, 2.05) is 0 Å². The van der Waals surface area contributed by atoms with Crippen molar-refractivity contribution in [1.82, 2.24) is 9.78 Å². The van der Waals surface area contributed by atoms with Crippen LogP contribution in [0.2, 0.25) is 10.0 Å². The molecule has 3 aromatic rings. The maximum atomic E-state index is 14.5. The van der Waals surface area contributed by atoms with Crippen LogP contribution in [0.5, 0.6) is 0 Å². The molecule has 0 radical (unpaired) electrons. The first kappa shape index (κ1) is 22.0. The van der Waals surface area contributed by atoms with Crippen LogP contribution in [0.15, 0.2) is 41.2 Å². The molecule has 30 heavy (non-hydrogen) atoms. The quantitative estimate of drug-likeness (QED) is 0.507. The summed E-state index contributed by atoms with van der Waals surface area (Å²) in [5.74, 6) is -1.45. The summed E-state index contributed by atoms with van der Waals surface area (Å²) in [5.41, 5.74) is -2.47. The predicted molar refractivity (Wildman–Crippen MR) is 104 cm³/mol. The molecule has 0 aliphatic carbocycles. The molecule has 0 spiro atoms. The Morgan fingerprint density at radius 1 is 1.07 bits per heavy atom. The van der Waals surface area contributed by atoms with E-state index in [2.05, 4.69) is 10.4 Å². The molecule has 0 amide bonds. The van der Waals surface area contributed by atoms with Gasteiger partial charge in [-0.2, -0.15) is 18.3 Å². The zero-order valence-electron chi connectivity index (χ0n) is 15.1. The lowest BCUT2D eigenvalue weighted by Crippen LogP contribution is -2.23. The van der Waals surface area contributed by atoms with Gasteiger partial charge in [0.05, 0.1) is 10.7 Å². The normalized spacial score (nSPS) is 11.6. The number of alkyl halides is 3. The third-order valence-electron chi connectivity index (χ3n) is 4.18. The highest BCUT2D eigenvalue weighted by atomic mass is 35.5. The molecule has 1 N–H and O–H groups in total. The number of anilines is 1. The van der Waals surface area contributed by atoms with E-state index < -0.39 is 34.6 Å². The van der Waals surface area contributed by atoms with Gasteiger partial charge in [0.25, 0.3) is 0 Å². The van der Waals surface area contributed by atoms with E-state index in [1.54, 1.807) is 0 Å². The molecule has 0 bridgehead atoms. The number of aryl methyl sites for hydroxylation is 1. The average molecular weight is 464 g/mol. The Balaban J connectivity index is 1.99. The molecule has 3 rings (SSSR count). The molecule has 0 aliphatic rings. The molecule has 1 aromatic heterocycles. The molecule has 158 valence electrons. The Morgan fingerprint density at radius 3 is 2.40 bits per heavy atom. The van der Waals surface area contributed by atoms with E-state index in [-0.39, 0.29) is 22.2 Å². The number of nitrogens with zero attached hydrogens (tertiary/aromatic N) is 2. The number of nitrogens with one attached hydrogen (secondary N) is 1. The topological polar surface area (TPSA) is 46.9 Å². The van der Waals surface area contributed by atoms with Gasteiger partial charge in [-0.05, 0) is 35.9 Å². The minimum absolute atomic E-state index is 0.00530. The molecule has 0 saturated heterocycles. The third kappa shape index (κ3) is 4.57. The summed E-state index contributed by atoms with van der Waals surface area (Å²) in [4.78, 5) is 12.2. The Labute approximate surface area is 176 Å². The van der Waals surface area contributed by atoms with Crippen molar-refractivity contribution in [3.8, 4) is 11.3 Å². The fraction of sp³-hybridized carbons (Fsp3) is 0.158. The first-order valence-corrected chi connectivity index (χ1v) is 9.05. The summed E-state index contributed by atoms with van der Waals surface area (Å²) in [6, 6.07) is 6.16. The molecule has 1 heterocycles. The molecule has 4 nitrogen and oxygen atoms in total. The summed E-state index contributed by atoms with van der Waals surface area (Å²) in [7, 11) is 0.999. The Kier molecular flexibility index (Phi) is 6.05. The molecule has 0 atom stereocenters. The van der Waals surface area contributed by atoms with Crippen molar-refractivity contribution >= 4 is 28.9 Å². The molecular formula is C19H12Cl2F5N3O. The summed E-state index contributed by atoms with van der Waals surface area (Å²) in [5, 5.41) is 6.60. The van der Waals surface area contributed by atoms with Crippen LogP contribution in [0.1, 0.15) is 11.3 Å². The van der Waals surface area contributed by atoms with Gasteiger partial charge in [-0.1, -0.05) is 23.2 Å². The number of benzene rings is 2. The minimum Gasteiger partial charge on any atom is -0.380 e. The first-order valence-electron chi connectivity index (χ1n) is 8.30. The lowest BCUT2D eigenvalue weighted by atomic mass is 10.1. The second kappa shape index (κ2) is 8.23. The number of hydrogen-bond donors (Lipinski definition) is 1. The number of rotatable bonds is 4. The van der Waals surface area contributed by atoms with Crippen LogP contribution in [0.4, 0.5) is 27.6 Å². The summed E-state index contributed by atoms with van der Waals surface area (Å²) >= 11 is 12.0. The van der Waals surface area contributed by atoms with Gasteiger partial charge >= 0.3 is 6.18 Å². The second-order valence-corrected chi connectivity index (χ2v) is 7.08. The highest BCUT2D eigenvalue weighted by Gasteiger charge is 2.34. The Bertz CT molecular complexity index is 1180. The lowest BCUT2D eigenvalue weighted by Gasteiger charge is -2.14. The van der Waals surface area contributed by atoms with Gasteiger partial charge in [-0.3, -0.25) is 9.48 Å². The van der Waals surface area contributed by atoms with E-state index in [0.717, 1.165) is 19.2 Å². The van der Waals surface area contributed by atoms with E-state index in [4.69, 9.17) is 23.2 Å². The van der Waals surface area contributed by atoms with Crippen LogP contribution in [0.25, 0.3) is 11.3 Å². The minimum atomic E-state index is -4.79. The fourth-order valence-electron chi connectivity index (χ4n) is 2.73. The highest BCUT2D eigenvalue weighted by molar-refractivity contribution is 6.33. The number of aromatic nitrogens is 2. The van der Waals surface area contributed by atoms with E-state index in [0.29, 0.717) is 22.0 Å². The van der Waals surface area contributed by atoms with Crippen molar-refractivity contribution in [1.29, 1.82) is 0 Å². The molecule has 11 heteroatoms. The van der Waals surface area contributed by atoms with Gasteiger partial charge in [0.2, 0.25) is 5.43 Å². The van der Waals surface area contributed by atoms with E-state index in [1.165, 1.54) is 18.2 Å². The van der Waals surface area contributed by atoms with Crippen LogP contribution in [0, 0.1) is 11.6 Å². The first-order chi connectivity index (χ1) is 14.0. The molecule has 0 saturated carbocycles. The van der Waals surface area contributed by atoms with Crippen LogP contribution in [0.3, 0.4) is 0 Å². The standard InChI is InChI=1S/C19H12Cl2F5N3O/c1-29-17(19(24,25)26)7-16(30)18(28-29)11-4-9(12(20)6-14(11)23)8-27-15-3-2-10(22)5-13(15)21/h2-7,27H,8H2,1H3. The van der Waals surface area contributed by atoms with E-state index >= 15 is 0 Å². The van der Waals surface area contributed by atoms with Crippen molar-refractivity contribution in [2.75, 3.05) is 5.32 Å². The molecule has 2 aromatic carbocycles. The zero-order valence-corrected chi connectivity index (χ0v) is 16.6. The smallest absolute Gasteiger partial charge is 0.380 e. The van der Waals surface area contributed by atoms with Crippen molar-refractivity contribution < 1.29 is 22.0 Å². The van der Waals surface area contributed by atoms with Gasteiger partial charge in [0.15, 0.2) is 0 Å². The molecular weight excluding hydrogens is 452 g/mol. The van der Waals surface area contributed by atoms with Gasteiger partial charge in [0, 0.05) is 30.2 Å². The maximum Gasteiger partial charge on any atom is 0.433 e. The van der Waals surface area contributed by atoms with Crippen LogP contribution >= 0.6 is 23.2 Å². The van der Waals surface area contributed by atoms with Crippen molar-refractivity contribution in [3.63, 3.8) is 0 Å². The monoisotopic (exact) mass is 463 g/mol. The van der Waals surface area contributed by atoms with Gasteiger partial charge in [-0.25, -0.2) is 8.78 Å². The third-order valence-corrected chi connectivity index (χ3v) is 4.85. The SMILES string of the molecule is Cn1nc(-c2cc(CNc3ccc(F)cc3Cl)c(Cl)cc2F)c(=O)cc1C(F)(F)F. The predicted octanol–water partition coefficient (Wildman–Crippen LogP) is 5.66. The Morgan fingerprint density at radius 2 is 1.77 bits per heavy atom. The highest BCUT2D eigenvalue weighted by Crippen LogP contribution is 2.31. The maximum absolute atomic E-state index is 14.5. The average Bonchev–Trinajstić information content (AvgIpc) is 2.63. The lowest BCUT2D eigenvalue weighted by molar-refractivity contribution is -0.144. The van der Waals surface area contributed by atoms with Crippen LogP contribution in [-0.4, -0.2) is 9.78 Å². The van der Waals surface area contributed by atoms with Gasteiger partial charge in [-0.15, -0.1) is 0 Å². The summed E-state index contributed by atoms with van der Waals surface area (Å²) in [6.07, 6.45) is -4.79. The number of hydrogen-bond acceptors (Lipinski definition) is 3. The summed E-state index contributed by atoms with van der Waals surface area (Å²) < 4.78 is 66.9. The summed E-state index contributed by atoms with van der Waals surface area (Å²) in [6.45, 7) is 0.0123. The van der Waals surface area contributed by atoms with Crippen molar-refractivity contribution in [3.05, 3.63) is 79.6 Å². The van der Waals surface area contributed by atoms with Crippen molar-refractivity contribution in [2.24, 2.45) is 7.05 Å². The largest absolute Gasteiger partial charge is 0.433 e. The fourth-order valence-corrected chi connectivity index (χ4v) is 3.18.